The third kappa shape index (κ3) is 5.25. The van der Waals surface area contributed by atoms with Crippen molar-refractivity contribution in [1.29, 1.82) is 0 Å². The molecule has 2 aromatic carbocycles. The van der Waals surface area contributed by atoms with E-state index in [4.69, 9.17) is 4.42 Å². The van der Waals surface area contributed by atoms with Crippen LogP contribution < -0.4 is 9.62 Å². The van der Waals surface area contributed by atoms with Crippen LogP contribution in [0.4, 0.5) is 5.69 Å². The molecule has 1 heterocycles. The zero-order valence-electron chi connectivity index (χ0n) is 16.9. The first-order valence-electron chi connectivity index (χ1n) is 9.42. The van der Waals surface area contributed by atoms with Crippen LogP contribution in [-0.4, -0.2) is 33.7 Å². The summed E-state index contributed by atoms with van der Waals surface area (Å²) >= 11 is 1.68. The normalized spacial score (nSPS) is 11.3. The molecule has 0 aliphatic rings. The van der Waals surface area contributed by atoms with Crippen LogP contribution in [0.2, 0.25) is 0 Å². The van der Waals surface area contributed by atoms with Gasteiger partial charge >= 0.3 is 0 Å². The number of carbonyl (C=O) groups is 1. The summed E-state index contributed by atoms with van der Waals surface area (Å²) < 4.78 is 32.2. The molecular formula is C22H24N2O4S2. The van der Waals surface area contributed by atoms with Gasteiger partial charge in [0.1, 0.15) is 5.76 Å². The van der Waals surface area contributed by atoms with Crippen LogP contribution in [0.15, 0.2) is 76.2 Å². The maximum atomic E-state index is 12.8. The van der Waals surface area contributed by atoms with Crippen molar-refractivity contribution in [3.8, 4) is 0 Å². The Kier molecular flexibility index (Phi) is 7.23. The molecular weight excluding hydrogens is 420 g/mol. The van der Waals surface area contributed by atoms with Gasteiger partial charge in [-0.2, -0.15) is 11.8 Å². The average molecular weight is 445 g/mol. The van der Waals surface area contributed by atoms with Crippen LogP contribution in [-0.2, 0) is 15.8 Å². The first-order valence-corrected chi connectivity index (χ1v) is 12.0. The summed E-state index contributed by atoms with van der Waals surface area (Å²) in [6.07, 6.45) is 1.65. The zero-order chi connectivity index (χ0) is 21.6. The highest BCUT2D eigenvalue weighted by atomic mass is 32.2. The number of nitrogens with zero attached hydrogens (tertiary/aromatic N) is 1. The van der Waals surface area contributed by atoms with Crippen molar-refractivity contribution in [3.63, 3.8) is 0 Å². The van der Waals surface area contributed by atoms with Crippen molar-refractivity contribution in [2.45, 2.75) is 17.6 Å². The van der Waals surface area contributed by atoms with Gasteiger partial charge < -0.3 is 9.73 Å². The van der Waals surface area contributed by atoms with Crippen LogP contribution in [0.25, 0.3) is 0 Å². The van der Waals surface area contributed by atoms with E-state index in [0.29, 0.717) is 23.4 Å². The topological polar surface area (TPSA) is 79.6 Å². The molecule has 158 valence electrons. The Hall–Kier alpha value is -2.71. The van der Waals surface area contributed by atoms with E-state index in [9.17, 15) is 13.2 Å². The van der Waals surface area contributed by atoms with E-state index < -0.39 is 10.0 Å². The monoisotopic (exact) mass is 444 g/mol. The summed E-state index contributed by atoms with van der Waals surface area (Å²) in [5.74, 6) is 2.25. The lowest BCUT2D eigenvalue weighted by atomic mass is 10.1. The number of nitrogens with one attached hydrogen (secondary N) is 1. The van der Waals surface area contributed by atoms with Crippen LogP contribution >= 0.6 is 11.8 Å². The van der Waals surface area contributed by atoms with E-state index in [0.717, 1.165) is 17.3 Å². The summed E-state index contributed by atoms with van der Waals surface area (Å²) in [6.45, 7) is 2.33. The fourth-order valence-corrected chi connectivity index (χ4v) is 4.97. The Morgan fingerprint density at radius 1 is 1.10 bits per heavy atom. The molecule has 0 radical (unpaired) electrons. The number of carbonyl (C=O) groups excluding carboxylic acids is 1. The molecule has 0 saturated carbocycles. The highest BCUT2D eigenvalue weighted by Crippen LogP contribution is 2.26. The Morgan fingerprint density at radius 2 is 1.87 bits per heavy atom. The minimum absolute atomic E-state index is 0.184. The lowest BCUT2D eigenvalue weighted by Gasteiger charge is -2.22. The molecule has 0 spiro atoms. The number of rotatable bonds is 9. The van der Waals surface area contributed by atoms with E-state index in [1.54, 1.807) is 73.5 Å². The number of thioether (sulfide) groups is 1. The van der Waals surface area contributed by atoms with Crippen LogP contribution in [0.3, 0.4) is 0 Å². The molecule has 1 aromatic heterocycles. The second kappa shape index (κ2) is 9.86. The average Bonchev–Trinajstić information content (AvgIpc) is 3.27. The zero-order valence-corrected chi connectivity index (χ0v) is 18.5. The number of amides is 1. The maximum Gasteiger partial charge on any atom is 0.264 e. The van der Waals surface area contributed by atoms with Gasteiger partial charge in [0, 0.05) is 24.9 Å². The summed E-state index contributed by atoms with van der Waals surface area (Å²) in [5.41, 5.74) is 1.74. The molecule has 0 atom stereocenters. The Bertz CT molecular complexity index is 1080. The number of anilines is 1. The highest BCUT2D eigenvalue weighted by Gasteiger charge is 2.22. The van der Waals surface area contributed by atoms with Crippen molar-refractivity contribution >= 4 is 33.4 Å². The lowest BCUT2D eigenvalue weighted by molar-refractivity contribution is 0.0956. The minimum atomic E-state index is -3.66. The largest absolute Gasteiger partial charge is 0.468 e. The van der Waals surface area contributed by atoms with Gasteiger partial charge in [-0.15, -0.1) is 0 Å². The van der Waals surface area contributed by atoms with Crippen LogP contribution in [0, 0.1) is 6.92 Å². The third-order valence-corrected chi connectivity index (χ3v) is 7.32. The van der Waals surface area contributed by atoms with E-state index >= 15 is 0 Å². The number of hydrogen-bond acceptors (Lipinski definition) is 5. The van der Waals surface area contributed by atoms with E-state index in [-0.39, 0.29) is 10.8 Å². The smallest absolute Gasteiger partial charge is 0.264 e. The van der Waals surface area contributed by atoms with Crippen molar-refractivity contribution < 1.29 is 17.6 Å². The Morgan fingerprint density at radius 3 is 2.53 bits per heavy atom. The van der Waals surface area contributed by atoms with Crippen molar-refractivity contribution in [3.05, 3.63) is 83.8 Å². The quantitative estimate of drug-likeness (QED) is 0.503. The summed E-state index contributed by atoms with van der Waals surface area (Å²) in [6, 6.07) is 17.1. The highest BCUT2D eigenvalue weighted by molar-refractivity contribution is 7.98. The SMILES string of the molecule is Cc1cc(C(=O)NCCSCc2ccco2)ccc1N(C)S(=O)(=O)c1ccccc1. The fourth-order valence-electron chi connectivity index (χ4n) is 2.94. The predicted octanol–water partition coefficient (Wildman–Crippen LogP) is 4.08. The number of sulfonamides is 1. The maximum absolute atomic E-state index is 12.8. The Balaban J connectivity index is 1.59. The molecule has 0 fully saturated rings. The fraction of sp³-hybridized carbons (Fsp3) is 0.227. The van der Waals surface area contributed by atoms with Gasteiger partial charge in [-0.25, -0.2) is 8.42 Å². The summed E-state index contributed by atoms with van der Waals surface area (Å²) in [5, 5.41) is 2.89. The van der Waals surface area contributed by atoms with Gasteiger partial charge in [-0.05, 0) is 55.0 Å². The van der Waals surface area contributed by atoms with Crippen molar-refractivity contribution in [2.24, 2.45) is 0 Å². The van der Waals surface area contributed by atoms with E-state index in [1.807, 2.05) is 12.1 Å². The van der Waals surface area contributed by atoms with Crippen molar-refractivity contribution in [1.82, 2.24) is 5.32 Å². The molecule has 1 amide bonds. The third-order valence-electron chi connectivity index (χ3n) is 4.56. The second-order valence-corrected chi connectivity index (χ2v) is 9.75. The Labute approximate surface area is 181 Å². The molecule has 0 aliphatic carbocycles. The molecule has 1 N–H and O–H groups in total. The molecule has 3 rings (SSSR count). The van der Waals surface area contributed by atoms with Gasteiger partial charge in [0.25, 0.3) is 15.9 Å². The standard InChI is InChI=1S/C22H24N2O4S2/c1-17-15-18(22(25)23-12-14-29-16-19-7-6-13-28-19)10-11-21(17)24(2)30(26,27)20-8-4-3-5-9-20/h3-11,13,15H,12,14,16H2,1-2H3,(H,23,25). The summed E-state index contributed by atoms with van der Waals surface area (Å²) in [7, 11) is -2.15. The van der Waals surface area contributed by atoms with Crippen LogP contribution in [0.1, 0.15) is 21.7 Å². The molecule has 8 heteroatoms. The minimum Gasteiger partial charge on any atom is -0.468 e. The van der Waals surface area contributed by atoms with Gasteiger partial charge in [0.15, 0.2) is 0 Å². The number of hydrogen-bond donors (Lipinski definition) is 1. The second-order valence-electron chi connectivity index (χ2n) is 6.67. The lowest BCUT2D eigenvalue weighted by Crippen LogP contribution is -2.28. The van der Waals surface area contributed by atoms with Crippen molar-refractivity contribution in [2.75, 3.05) is 23.7 Å². The van der Waals surface area contributed by atoms with Gasteiger partial charge in [-0.3, -0.25) is 9.10 Å². The van der Waals surface area contributed by atoms with E-state index in [1.165, 1.54) is 11.4 Å². The van der Waals surface area contributed by atoms with Crippen LogP contribution in [0.5, 0.6) is 0 Å². The van der Waals surface area contributed by atoms with E-state index in [2.05, 4.69) is 5.32 Å². The molecule has 0 saturated heterocycles. The van der Waals surface area contributed by atoms with Gasteiger partial charge in [-0.1, -0.05) is 18.2 Å². The first-order chi connectivity index (χ1) is 14.4. The number of aryl methyl sites for hydroxylation is 1. The number of furan rings is 1. The molecule has 0 bridgehead atoms. The molecule has 3 aromatic rings. The van der Waals surface area contributed by atoms with Gasteiger partial charge in [0.2, 0.25) is 0 Å². The number of benzene rings is 2. The molecule has 0 unspecified atom stereocenters. The predicted molar refractivity (Wildman–Crippen MR) is 120 cm³/mol. The summed E-state index contributed by atoms with van der Waals surface area (Å²) in [4.78, 5) is 12.6. The molecule has 6 nitrogen and oxygen atoms in total. The molecule has 30 heavy (non-hydrogen) atoms. The molecule has 0 aliphatic heterocycles. The van der Waals surface area contributed by atoms with Gasteiger partial charge in [0.05, 0.1) is 22.6 Å². The first kappa shape index (κ1) is 22.0.